The Morgan fingerprint density at radius 2 is 1.79 bits per heavy atom. The van der Waals surface area contributed by atoms with Crippen LogP contribution in [0.25, 0.3) is 0 Å². The maximum Gasteiger partial charge on any atom is 0.573 e. The standard InChI is InChI=1S/C27H30F6N2O3/c1-24-11-9-17-15(13-34-21-12-14(36)8-10-25(17,21)2)16(24)6-7-19(24)23(37)35-20-5-3-4-18(26(28,29)30)22(20)38-27(31,32)33/h3-5,12,15-17,19,34H,6-11,13H2,1-2H3,(H,35,37)/t15?,16?,17?,19?,24-,25+/m0/s1. The van der Waals surface area contributed by atoms with Crippen molar-refractivity contribution in [1.82, 2.24) is 5.32 Å². The smallest absolute Gasteiger partial charge is 0.403 e. The van der Waals surface area contributed by atoms with Gasteiger partial charge in [-0.15, -0.1) is 13.2 Å². The number of rotatable bonds is 3. The molecule has 0 bridgehead atoms. The van der Waals surface area contributed by atoms with E-state index in [9.17, 15) is 35.9 Å². The molecule has 1 amide bonds. The van der Waals surface area contributed by atoms with Crippen molar-refractivity contribution in [3.8, 4) is 5.75 Å². The number of ether oxygens (including phenoxy) is 1. The molecule has 4 unspecified atom stereocenters. The second kappa shape index (κ2) is 8.91. The second-order valence-electron chi connectivity index (χ2n) is 11.6. The van der Waals surface area contributed by atoms with Crippen LogP contribution < -0.4 is 15.4 Å². The van der Waals surface area contributed by atoms with Crippen LogP contribution in [0.1, 0.15) is 57.9 Å². The van der Waals surface area contributed by atoms with Crippen molar-refractivity contribution in [2.75, 3.05) is 11.9 Å². The number of halogens is 6. The van der Waals surface area contributed by atoms with Crippen LogP contribution in [0, 0.1) is 34.5 Å². The SMILES string of the molecule is C[C@]12CCC3C(CNC4=CC(=O)CC[C@@]43C)C1CCC2C(=O)Nc1cccc(C(F)(F)F)c1OC(F)(F)F. The molecule has 5 nitrogen and oxygen atoms in total. The number of ketones is 1. The quantitative estimate of drug-likeness (QED) is 0.429. The number of hydrogen-bond donors (Lipinski definition) is 2. The minimum atomic E-state index is -5.37. The maximum atomic E-state index is 13.5. The normalized spacial score (nSPS) is 34.8. The van der Waals surface area contributed by atoms with Crippen LogP contribution in [0.3, 0.4) is 0 Å². The summed E-state index contributed by atoms with van der Waals surface area (Å²) in [5, 5.41) is 5.81. The number of allylic oxidation sites excluding steroid dienone is 2. The van der Waals surface area contributed by atoms with Gasteiger partial charge in [-0.2, -0.15) is 13.2 Å². The van der Waals surface area contributed by atoms with Crippen molar-refractivity contribution < 1.29 is 40.7 Å². The summed E-state index contributed by atoms with van der Waals surface area (Å²) < 4.78 is 83.2. The van der Waals surface area contributed by atoms with Crippen LogP contribution in [-0.2, 0) is 15.8 Å². The number of para-hydroxylation sites is 1. The first-order valence-electron chi connectivity index (χ1n) is 12.9. The molecule has 4 aliphatic rings. The van der Waals surface area contributed by atoms with E-state index in [-0.39, 0.29) is 23.0 Å². The minimum absolute atomic E-state index is 0.116. The van der Waals surface area contributed by atoms with Crippen LogP contribution in [-0.4, -0.2) is 24.6 Å². The molecule has 3 aliphatic carbocycles. The third-order valence-electron chi connectivity index (χ3n) is 9.71. The third kappa shape index (κ3) is 4.45. The first kappa shape index (κ1) is 26.9. The van der Waals surface area contributed by atoms with E-state index in [0.717, 1.165) is 37.1 Å². The number of anilines is 1. The molecule has 1 aromatic rings. The first-order chi connectivity index (χ1) is 17.6. The lowest BCUT2D eigenvalue weighted by molar-refractivity contribution is -0.276. The van der Waals surface area contributed by atoms with Crippen LogP contribution in [0.4, 0.5) is 32.0 Å². The number of benzene rings is 1. The van der Waals surface area contributed by atoms with Crippen LogP contribution in [0.2, 0.25) is 0 Å². The summed E-state index contributed by atoms with van der Waals surface area (Å²) in [6.45, 7) is 4.88. The molecular formula is C27H30F6N2O3. The van der Waals surface area contributed by atoms with Gasteiger partial charge in [0.25, 0.3) is 0 Å². The minimum Gasteiger partial charge on any atom is -0.403 e. The van der Waals surface area contributed by atoms with E-state index in [2.05, 4.69) is 22.3 Å². The monoisotopic (exact) mass is 544 g/mol. The number of nitrogens with one attached hydrogen (secondary N) is 2. The van der Waals surface area contributed by atoms with Gasteiger partial charge in [-0.1, -0.05) is 19.9 Å². The molecule has 0 radical (unpaired) electrons. The highest BCUT2D eigenvalue weighted by atomic mass is 19.4. The molecule has 2 N–H and O–H groups in total. The topological polar surface area (TPSA) is 67.4 Å². The zero-order valence-corrected chi connectivity index (χ0v) is 21.1. The third-order valence-corrected chi connectivity index (χ3v) is 9.71. The summed E-state index contributed by atoms with van der Waals surface area (Å²) in [5.41, 5.74) is -1.90. The van der Waals surface area contributed by atoms with Gasteiger partial charge in [-0.25, -0.2) is 0 Å². The molecular weight excluding hydrogens is 514 g/mol. The van der Waals surface area contributed by atoms with Crippen molar-refractivity contribution in [1.29, 1.82) is 0 Å². The van der Waals surface area contributed by atoms with Gasteiger partial charge in [-0.05, 0) is 67.4 Å². The van der Waals surface area contributed by atoms with Gasteiger partial charge in [0.1, 0.15) is 5.56 Å². The average Bonchev–Trinajstić information content (AvgIpc) is 3.16. The van der Waals surface area contributed by atoms with Crippen LogP contribution >= 0.6 is 0 Å². The van der Waals surface area contributed by atoms with Gasteiger partial charge in [0.2, 0.25) is 5.91 Å². The fraction of sp³-hybridized carbons (Fsp3) is 0.630. The van der Waals surface area contributed by atoms with Gasteiger partial charge < -0.3 is 15.4 Å². The van der Waals surface area contributed by atoms with Gasteiger partial charge in [0, 0.05) is 36.1 Å². The number of fused-ring (bicyclic) bond motifs is 5. The van der Waals surface area contributed by atoms with Crippen LogP contribution in [0.5, 0.6) is 5.75 Å². The summed E-state index contributed by atoms with van der Waals surface area (Å²) in [6, 6.07) is 2.42. The summed E-state index contributed by atoms with van der Waals surface area (Å²) in [5.74, 6) is -1.77. The van der Waals surface area contributed by atoms with Crippen molar-refractivity contribution in [2.45, 2.75) is 64.9 Å². The molecule has 0 aromatic heterocycles. The Hall–Kier alpha value is -2.72. The molecule has 208 valence electrons. The molecule has 38 heavy (non-hydrogen) atoms. The van der Waals surface area contributed by atoms with E-state index >= 15 is 0 Å². The zero-order valence-electron chi connectivity index (χ0n) is 21.1. The Morgan fingerprint density at radius 3 is 2.47 bits per heavy atom. The van der Waals surface area contributed by atoms with E-state index in [1.807, 2.05) is 6.92 Å². The Morgan fingerprint density at radius 1 is 1.05 bits per heavy atom. The van der Waals surface area contributed by atoms with Crippen molar-refractivity contribution >= 4 is 17.4 Å². The Kier molecular flexibility index (Phi) is 6.30. The average molecular weight is 545 g/mol. The second-order valence-corrected chi connectivity index (χ2v) is 11.6. The fourth-order valence-corrected chi connectivity index (χ4v) is 7.88. The number of hydrogen-bond acceptors (Lipinski definition) is 4. The van der Waals surface area contributed by atoms with E-state index in [1.165, 1.54) is 0 Å². The molecule has 2 saturated carbocycles. The molecule has 6 atom stereocenters. The first-order valence-corrected chi connectivity index (χ1v) is 12.9. The Balaban J connectivity index is 1.39. The highest BCUT2D eigenvalue weighted by Crippen LogP contribution is 2.64. The van der Waals surface area contributed by atoms with Crippen molar-refractivity contribution in [3.63, 3.8) is 0 Å². The van der Waals surface area contributed by atoms with E-state index in [1.54, 1.807) is 6.08 Å². The van der Waals surface area contributed by atoms with Gasteiger partial charge >= 0.3 is 12.5 Å². The van der Waals surface area contributed by atoms with E-state index in [4.69, 9.17) is 0 Å². The van der Waals surface area contributed by atoms with Crippen molar-refractivity contribution in [2.24, 2.45) is 34.5 Å². The molecule has 1 aromatic carbocycles. The van der Waals surface area contributed by atoms with Gasteiger partial charge in [0.05, 0.1) is 5.69 Å². The van der Waals surface area contributed by atoms with Gasteiger partial charge in [0.15, 0.2) is 11.5 Å². The zero-order chi connectivity index (χ0) is 27.7. The van der Waals surface area contributed by atoms with Crippen LogP contribution in [0.15, 0.2) is 30.0 Å². The van der Waals surface area contributed by atoms with E-state index < -0.39 is 46.8 Å². The molecule has 1 heterocycles. The highest BCUT2D eigenvalue weighted by molar-refractivity contribution is 5.95. The lowest BCUT2D eigenvalue weighted by atomic mass is 9.50. The lowest BCUT2D eigenvalue weighted by Gasteiger charge is -2.58. The maximum absolute atomic E-state index is 13.5. The molecule has 11 heteroatoms. The summed E-state index contributed by atoms with van der Waals surface area (Å²) in [7, 11) is 0. The lowest BCUT2D eigenvalue weighted by Crippen LogP contribution is -2.57. The number of alkyl halides is 6. The predicted octanol–water partition coefficient (Wildman–Crippen LogP) is 6.46. The number of amides is 1. The molecule has 1 saturated heterocycles. The summed E-state index contributed by atoms with van der Waals surface area (Å²) in [6.07, 6.45) is -4.74. The summed E-state index contributed by atoms with van der Waals surface area (Å²) >= 11 is 0. The molecule has 1 aliphatic heterocycles. The number of piperidine rings is 1. The summed E-state index contributed by atoms with van der Waals surface area (Å²) in [4.78, 5) is 25.5. The Bertz CT molecular complexity index is 1180. The number of carbonyl (C=O) groups excluding carboxylic acids is 2. The largest absolute Gasteiger partial charge is 0.573 e. The Labute approximate surface area is 216 Å². The van der Waals surface area contributed by atoms with Gasteiger partial charge in [-0.3, -0.25) is 9.59 Å². The fourth-order valence-electron chi connectivity index (χ4n) is 7.88. The number of carbonyl (C=O) groups is 2. The molecule has 0 spiro atoms. The van der Waals surface area contributed by atoms with Crippen molar-refractivity contribution in [3.05, 3.63) is 35.5 Å². The van der Waals surface area contributed by atoms with E-state index in [0.29, 0.717) is 37.8 Å². The molecule has 5 rings (SSSR count). The molecule has 3 fully saturated rings. The predicted molar refractivity (Wildman–Crippen MR) is 126 cm³/mol. The highest BCUT2D eigenvalue weighted by Gasteiger charge is 2.60.